The first kappa shape index (κ1) is 18.8. The number of hydrogen-bond acceptors (Lipinski definition) is 6. The van der Waals surface area contributed by atoms with Crippen molar-refractivity contribution in [2.75, 3.05) is 0 Å². The van der Waals surface area contributed by atoms with Crippen molar-refractivity contribution in [3.63, 3.8) is 0 Å². The number of rotatable bonds is 7. The molecule has 134 valence electrons. The highest BCUT2D eigenvalue weighted by atomic mass is 16.6. The van der Waals surface area contributed by atoms with Gasteiger partial charge in [-0.3, -0.25) is 4.79 Å². The van der Waals surface area contributed by atoms with Crippen molar-refractivity contribution in [3.8, 4) is 0 Å². The summed E-state index contributed by atoms with van der Waals surface area (Å²) in [5, 5.41) is 28.6. The highest BCUT2D eigenvalue weighted by Crippen LogP contribution is 2.25. The Morgan fingerprint density at radius 1 is 0.808 bits per heavy atom. The molecular formula is C18H14O8. The van der Waals surface area contributed by atoms with E-state index >= 15 is 0 Å². The largest absolute Gasteiger partial charge is 0.479 e. The molecule has 2 unspecified atom stereocenters. The zero-order valence-corrected chi connectivity index (χ0v) is 13.2. The van der Waals surface area contributed by atoms with E-state index in [4.69, 9.17) is 9.84 Å². The van der Waals surface area contributed by atoms with Crippen molar-refractivity contribution in [3.05, 3.63) is 71.8 Å². The number of carboxylic acids is 2. The van der Waals surface area contributed by atoms with E-state index in [1.165, 1.54) is 48.5 Å². The van der Waals surface area contributed by atoms with Gasteiger partial charge in [-0.25, -0.2) is 14.4 Å². The Morgan fingerprint density at radius 3 is 1.69 bits per heavy atom. The molecule has 0 heterocycles. The zero-order valence-electron chi connectivity index (χ0n) is 13.2. The Labute approximate surface area is 147 Å². The number of esters is 1. The van der Waals surface area contributed by atoms with Crippen LogP contribution in [0.4, 0.5) is 0 Å². The number of ether oxygens (including phenoxy) is 1. The molecule has 8 heteroatoms. The number of aliphatic hydroxyl groups is 1. The third-order valence-corrected chi connectivity index (χ3v) is 3.57. The van der Waals surface area contributed by atoms with E-state index in [0.29, 0.717) is 0 Å². The van der Waals surface area contributed by atoms with Gasteiger partial charge in [-0.05, 0) is 12.1 Å². The van der Waals surface area contributed by atoms with Gasteiger partial charge < -0.3 is 20.1 Å². The van der Waals surface area contributed by atoms with E-state index in [1.54, 1.807) is 12.1 Å². The first-order valence-corrected chi connectivity index (χ1v) is 7.33. The lowest BCUT2D eigenvalue weighted by Crippen LogP contribution is -2.61. The van der Waals surface area contributed by atoms with Gasteiger partial charge in [0.2, 0.25) is 11.9 Å². The molecule has 0 saturated heterocycles. The van der Waals surface area contributed by atoms with Crippen LogP contribution in [0.15, 0.2) is 60.7 Å². The molecule has 2 aromatic carbocycles. The fraction of sp³-hybridized carbons (Fsp3) is 0.111. The quantitative estimate of drug-likeness (QED) is 0.378. The molecule has 0 aliphatic rings. The Kier molecular flexibility index (Phi) is 5.48. The van der Waals surface area contributed by atoms with Crippen LogP contribution in [0.3, 0.4) is 0 Å². The lowest BCUT2D eigenvalue weighted by atomic mass is 9.87. The Hall–Kier alpha value is -3.52. The fourth-order valence-electron chi connectivity index (χ4n) is 2.24. The number of Topliss-reactive ketones (excluding diaryl/α,β-unsaturated/α-hetero) is 1. The maximum Gasteiger partial charge on any atom is 0.360 e. The highest BCUT2D eigenvalue weighted by Gasteiger charge is 2.59. The first-order valence-electron chi connectivity index (χ1n) is 7.33. The number of carbonyl (C=O) groups is 4. The molecule has 0 spiro atoms. The molecule has 0 aliphatic heterocycles. The molecular weight excluding hydrogens is 344 g/mol. The molecule has 2 atom stereocenters. The van der Waals surface area contributed by atoms with Crippen molar-refractivity contribution in [1.82, 2.24) is 0 Å². The van der Waals surface area contributed by atoms with Crippen LogP contribution < -0.4 is 0 Å². The molecule has 0 aliphatic carbocycles. The lowest BCUT2D eigenvalue weighted by Gasteiger charge is -2.30. The van der Waals surface area contributed by atoms with Gasteiger partial charge in [0.1, 0.15) is 0 Å². The van der Waals surface area contributed by atoms with Crippen molar-refractivity contribution in [2.45, 2.75) is 11.7 Å². The van der Waals surface area contributed by atoms with Crippen molar-refractivity contribution < 1.29 is 39.2 Å². The van der Waals surface area contributed by atoms with Crippen LogP contribution in [-0.2, 0) is 14.3 Å². The predicted molar refractivity (Wildman–Crippen MR) is 86.6 cm³/mol. The van der Waals surface area contributed by atoms with Crippen molar-refractivity contribution in [2.24, 2.45) is 0 Å². The average molecular weight is 358 g/mol. The number of hydrogen-bond donors (Lipinski definition) is 3. The standard InChI is InChI=1S/C18H14O8/c19-13(11-7-3-1-4-8-11)18(17(24)25,14(20)15(21)22)26-16(23)12-9-5-2-6-10-12/h1-10,14,20H,(H,21,22)(H,24,25). The maximum atomic E-state index is 12.7. The van der Waals surface area contributed by atoms with Crippen LogP contribution in [0.2, 0.25) is 0 Å². The minimum atomic E-state index is -3.35. The molecule has 8 nitrogen and oxygen atoms in total. The number of carboxylic acid groups (broad SMARTS) is 2. The molecule has 0 radical (unpaired) electrons. The SMILES string of the molecule is O=C(OC(C(=O)O)(C(=O)c1ccccc1)C(O)C(=O)O)c1ccccc1. The smallest absolute Gasteiger partial charge is 0.360 e. The maximum absolute atomic E-state index is 12.7. The van der Waals surface area contributed by atoms with E-state index in [-0.39, 0.29) is 11.1 Å². The third-order valence-electron chi connectivity index (χ3n) is 3.57. The second-order valence-electron chi connectivity index (χ2n) is 5.23. The van der Waals surface area contributed by atoms with E-state index in [2.05, 4.69) is 0 Å². The summed E-state index contributed by atoms with van der Waals surface area (Å²) in [7, 11) is 0. The Bertz CT molecular complexity index is 831. The van der Waals surface area contributed by atoms with Crippen LogP contribution in [0.25, 0.3) is 0 Å². The number of ketones is 1. The lowest BCUT2D eigenvalue weighted by molar-refractivity contribution is -0.176. The summed E-state index contributed by atoms with van der Waals surface area (Å²) in [5.74, 6) is -6.77. The van der Waals surface area contributed by atoms with Crippen LogP contribution in [-0.4, -0.2) is 50.7 Å². The highest BCUT2D eigenvalue weighted by molar-refractivity contribution is 6.19. The van der Waals surface area contributed by atoms with Gasteiger partial charge in [-0.15, -0.1) is 0 Å². The fourth-order valence-corrected chi connectivity index (χ4v) is 2.24. The summed E-state index contributed by atoms with van der Waals surface area (Å²) in [5.41, 5.74) is -3.70. The summed E-state index contributed by atoms with van der Waals surface area (Å²) in [6.45, 7) is 0. The van der Waals surface area contributed by atoms with Crippen molar-refractivity contribution >= 4 is 23.7 Å². The van der Waals surface area contributed by atoms with Gasteiger partial charge in [0.05, 0.1) is 5.56 Å². The normalized spacial score (nSPS) is 13.9. The third kappa shape index (κ3) is 3.45. The molecule has 3 N–H and O–H groups in total. The van der Waals surface area contributed by atoms with Crippen LogP contribution in [0.5, 0.6) is 0 Å². The van der Waals surface area contributed by atoms with Crippen LogP contribution in [0, 0.1) is 0 Å². The second-order valence-corrected chi connectivity index (χ2v) is 5.23. The topological polar surface area (TPSA) is 138 Å². The van der Waals surface area contributed by atoms with Gasteiger partial charge in [-0.2, -0.15) is 0 Å². The van der Waals surface area contributed by atoms with E-state index < -0.39 is 35.4 Å². The van der Waals surface area contributed by atoms with E-state index in [9.17, 15) is 29.4 Å². The summed E-state index contributed by atoms with van der Waals surface area (Å²) in [4.78, 5) is 48.1. The monoisotopic (exact) mass is 358 g/mol. The first-order chi connectivity index (χ1) is 12.3. The minimum absolute atomic E-state index is 0.114. The summed E-state index contributed by atoms with van der Waals surface area (Å²) >= 11 is 0. The molecule has 0 amide bonds. The molecule has 0 saturated carbocycles. The Morgan fingerprint density at radius 2 is 1.27 bits per heavy atom. The number of aliphatic hydroxyl groups excluding tert-OH is 1. The van der Waals surface area contributed by atoms with Gasteiger partial charge in [0, 0.05) is 5.56 Å². The molecule has 2 rings (SSSR count). The second kappa shape index (κ2) is 7.58. The van der Waals surface area contributed by atoms with Crippen LogP contribution >= 0.6 is 0 Å². The molecule has 26 heavy (non-hydrogen) atoms. The number of carbonyl (C=O) groups excluding carboxylic acids is 2. The summed E-state index contributed by atoms with van der Waals surface area (Å²) in [6.07, 6.45) is -2.82. The van der Waals surface area contributed by atoms with E-state index in [0.717, 1.165) is 0 Å². The molecule has 0 bridgehead atoms. The van der Waals surface area contributed by atoms with Gasteiger partial charge in [0.25, 0.3) is 0 Å². The molecule has 0 fully saturated rings. The van der Waals surface area contributed by atoms with Crippen molar-refractivity contribution in [1.29, 1.82) is 0 Å². The number of benzene rings is 2. The zero-order chi connectivity index (χ0) is 19.3. The molecule has 2 aromatic rings. The molecule has 0 aromatic heterocycles. The minimum Gasteiger partial charge on any atom is -0.479 e. The number of aliphatic carboxylic acids is 2. The summed E-state index contributed by atoms with van der Waals surface area (Å²) in [6, 6.07) is 13.9. The predicted octanol–water partition coefficient (Wildman–Crippen LogP) is 0.995. The van der Waals surface area contributed by atoms with Crippen LogP contribution in [0.1, 0.15) is 20.7 Å². The van der Waals surface area contributed by atoms with Gasteiger partial charge in [-0.1, -0.05) is 48.5 Å². The Balaban J connectivity index is 2.57. The summed E-state index contributed by atoms with van der Waals surface area (Å²) < 4.78 is 4.81. The van der Waals surface area contributed by atoms with E-state index in [1.807, 2.05) is 0 Å². The average Bonchev–Trinajstić information content (AvgIpc) is 2.65. The van der Waals surface area contributed by atoms with Gasteiger partial charge >= 0.3 is 23.5 Å². The van der Waals surface area contributed by atoms with Gasteiger partial charge in [0.15, 0.2) is 0 Å².